The maximum atomic E-state index is 2.56. The molecule has 0 amide bonds. The van der Waals surface area contributed by atoms with Crippen molar-refractivity contribution in [1.29, 1.82) is 0 Å². The van der Waals surface area contributed by atoms with Gasteiger partial charge in [0, 0.05) is 10.8 Å². The van der Waals surface area contributed by atoms with Crippen LogP contribution in [0.3, 0.4) is 0 Å². The number of rotatable bonds is 2. The first-order chi connectivity index (χ1) is 16.6. The summed E-state index contributed by atoms with van der Waals surface area (Å²) >= 11 is 0. The Kier molecular flexibility index (Phi) is 5.51. The second-order valence-corrected chi connectivity index (χ2v) is 14.3. The first-order valence-electron chi connectivity index (χ1n) is 14.1. The van der Waals surface area contributed by atoms with Gasteiger partial charge in [0.05, 0.1) is 0 Å². The Labute approximate surface area is 220 Å². The molecule has 36 heavy (non-hydrogen) atoms. The molecule has 2 unspecified atom stereocenters. The van der Waals surface area contributed by atoms with Gasteiger partial charge in [0.15, 0.2) is 0 Å². The molecule has 0 nitrogen and oxygen atoms in total. The van der Waals surface area contributed by atoms with Gasteiger partial charge in [0.2, 0.25) is 0 Å². The summed E-state index contributed by atoms with van der Waals surface area (Å²) in [6.45, 7) is 26.1. The van der Waals surface area contributed by atoms with Crippen LogP contribution in [-0.2, 0) is 0 Å². The smallest absolute Gasteiger partial charge is 0.0315 e. The van der Waals surface area contributed by atoms with Crippen molar-refractivity contribution in [3.63, 3.8) is 0 Å². The number of hydrogen-bond donors (Lipinski definition) is 0. The van der Waals surface area contributed by atoms with Crippen molar-refractivity contribution in [2.45, 2.75) is 82.6 Å². The van der Waals surface area contributed by atoms with E-state index >= 15 is 0 Å². The lowest BCUT2D eigenvalue weighted by Crippen LogP contribution is -2.49. The third-order valence-corrected chi connectivity index (χ3v) is 10.00. The van der Waals surface area contributed by atoms with Crippen LogP contribution < -0.4 is 0 Å². The minimum Gasteiger partial charge on any atom is -0.0802 e. The lowest BCUT2D eigenvalue weighted by atomic mass is 9.43. The Bertz CT molecular complexity index is 1300. The van der Waals surface area contributed by atoms with Crippen LogP contribution in [0, 0.1) is 33.5 Å². The molecular formula is C36H46. The standard InChI is InChI=1S/C36H46/c1-12-24-13-14-25(15-22(24)2)30-19-29-18-26(33(4,5)6)20-31-23(3)16-28-17-27(34(7,8)9)21-32(30)36(28,11)35(29,31)10/h13-22,24H,12H2,1-11H3/t22?,24?,35-,36+/m1/s1. The van der Waals surface area contributed by atoms with Gasteiger partial charge in [0.25, 0.3) is 0 Å². The summed E-state index contributed by atoms with van der Waals surface area (Å²) < 4.78 is 0. The molecule has 0 saturated heterocycles. The highest BCUT2D eigenvalue weighted by Crippen LogP contribution is 2.69. The van der Waals surface area contributed by atoms with Gasteiger partial charge in [-0.15, -0.1) is 0 Å². The zero-order chi connectivity index (χ0) is 26.4. The number of hydrogen-bond acceptors (Lipinski definition) is 0. The Morgan fingerprint density at radius 1 is 0.778 bits per heavy atom. The van der Waals surface area contributed by atoms with Crippen LogP contribution >= 0.6 is 0 Å². The molecular weight excluding hydrogens is 432 g/mol. The van der Waals surface area contributed by atoms with Crippen LogP contribution in [0.15, 0.2) is 105 Å². The summed E-state index contributed by atoms with van der Waals surface area (Å²) in [6, 6.07) is 0. The van der Waals surface area contributed by atoms with Crippen LogP contribution in [0.2, 0.25) is 0 Å². The second-order valence-electron chi connectivity index (χ2n) is 14.3. The highest BCUT2D eigenvalue weighted by molar-refractivity contribution is 5.75. The summed E-state index contributed by atoms with van der Waals surface area (Å²) in [5.41, 5.74) is 13.1. The molecule has 0 spiro atoms. The van der Waals surface area contributed by atoms with Crippen molar-refractivity contribution in [3.05, 3.63) is 105 Å². The van der Waals surface area contributed by atoms with Gasteiger partial charge in [-0.3, -0.25) is 0 Å². The monoisotopic (exact) mass is 478 g/mol. The van der Waals surface area contributed by atoms with Crippen molar-refractivity contribution >= 4 is 0 Å². The van der Waals surface area contributed by atoms with E-state index in [0.29, 0.717) is 11.8 Å². The maximum absolute atomic E-state index is 2.56. The molecule has 0 saturated carbocycles. The van der Waals surface area contributed by atoms with Gasteiger partial charge >= 0.3 is 0 Å². The first-order valence-corrected chi connectivity index (χ1v) is 14.1. The lowest BCUT2D eigenvalue weighted by Gasteiger charge is -2.59. The maximum Gasteiger partial charge on any atom is 0.0315 e. The minimum atomic E-state index is -0.105. The molecule has 5 aliphatic carbocycles. The van der Waals surface area contributed by atoms with Crippen molar-refractivity contribution < 1.29 is 0 Å². The molecule has 0 radical (unpaired) electrons. The summed E-state index contributed by atoms with van der Waals surface area (Å²) in [7, 11) is 0. The van der Waals surface area contributed by atoms with E-state index in [-0.39, 0.29) is 21.7 Å². The quantitative estimate of drug-likeness (QED) is 0.370. The highest BCUT2D eigenvalue weighted by atomic mass is 14.6. The predicted molar refractivity (Wildman–Crippen MR) is 156 cm³/mol. The fraction of sp³-hybridized carbons (Fsp3) is 0.500. The Morgan fingerprint density at radius 3 is 1.97 bits per heavy atom. The van der Waals surface area contributed by atoms with Gasteiger partial charge in [-0.1, -0.05) is 118 Å². The van der Waals surface area contributed by atoms with E-state index in [1.807, 2.05) is 0 Å². The average Bonchev–Trinajstić information content (AvgIpc) is 2.77. The highest BCUT2D eigenvalue weighted by Gasteiger charge is 2.59. The average molecular weight is 479 g/mol. The molecule has 5 aliphatic rings. The summed E-state index contributed by atoms with van der Waals surface area (Å²) in [4.78, 5) is 0. The molecule has 0 aromatic heterocycles. The molecule has 0 bridgehead atoms. The fourth-order valence-corrected chi connectivity index (χ4v) is 7.16. The van der Waals surface area contributed by atoms with E-state index in [1.54, 1.807) is 0 Å². The zero-order valence-electron chi connectivity index (χ0n) is 24.6. The van der Waals surface area contributed by atoms with Gasteiger partial charge in [-0.2, -0.15) is 0 Å². The van der Waals surface area contributed by atoms with Crippen LogP contribution in [0.4, 0.5) is 0 Å². The van der Waals surface area contributed by atoms with E-state index in [2.05, 4.69) is 131 Å². The molecule has 0 aliphatic heterocycles. The largest absolute Gasteiger partial charge is 0.0802 e. The van der Waals surface area contributed by atoms with Crippen LogP contribution in [-0.4, -0.2) is 0 Å². The molecule has 0 N–H and O–H groups in total. The van der Waals surface area contributed by atoms with Gasteiger partial charge < -0.3 is 0 Å². The van der Waals surface area contributed by atoms with Crippen LogP contribution in [0.5, 0.6) is 0 Å². The van der Waals surface area contributed by atoms with Gasteiger partial charge in [0.1, 0.15) is 0 Å². The molecule has 0 aromatic rings. The zero-order valence-corrected chi connectivity index (χ0v) is 24.6. The van der Waals surface area contributed by atoms with E-state index in [1.165, 1.54) is 56.6 Å². The van der Waals surface area contributed by atoms with Crippen molar-refractivity contribution in [3.8, 4) is 0 Å². The Morgan fingerprint density at radius 2 is 1.39 bits per heavy atom. The van der Waals surface area contributed by atoms with Crippen molar-refractivity contribution in [2.75, 3.05) is 0 Å². The van der Waals surface area contributed by atoms with Crippen molar-refractivity contribution in [1.82, 2.24) is 0 Å². The molecule has 190 valence electrons. The molecule has 5 rings (SSSR count). The SMILES string of the molecule is CCC1C=CC(C2=C3C=C(C(C)(C)C)C=C4C=C(C)C5=CC(C(C)(C)C)=CC(=C2)[C@@]5(C)[C@@]43C)=CC1C. The summed E-state index contributed by atoms with van der Waals surface area (Å²) in [5, 5.41) is 0. The molecule has 0 heteroatoms. The topological polar surface area (TPSA) is 0 Å². The summed E-state index contributed by atoms with van der Waals surface area (Å²) in [6.07, 6.45) is 23.8. The Hall–Kier alpha value is -2.34. The fourth-order valence-electron chi connectivity index (χ4n) is 7.16. The predicted octanol–water partition coefficient (Wildman–Crippen LogP) is 10.2. The third-order valence-electron chi connectivity index (χ3n) is 10.00. The van der Waals surface area contributed by atoms with E-state index in [9.17, 15) is 0 Å². The third kappa shape index (κ3) is 3.39. The van der Waals surface area contributed by atoms with E-state index in [4.69, 9.17) is 0 Å². The summed E-state index contributed by atoms with van der Waals surface area (Å²) in [5.74, 6) is 1.19. The number of allylic oxidation sites excluding steroid dienone is 18. The van der Waals surface area contributed by atoms with E-state index in [0.717, 1.165) is 0 Å². The minimum absolute atomic E-state index is 0.0817. The molecule has 4 atom stereocenters. The van der Waals surface area contributed by atoms with Crippen molar-refractivity contribution in [2.24, 2.45) is 33.5 Å². The van der Waals surface area contributed by atoms with Gasteiger partial charge in [-0.25, -0.2) is 0 Å². The molecule has 0 fully saturated rings. The Balaban J connectivity index is 1.87. The van der Waals surface area contributed by atoms with Crippen LogP contribution in [0.25, 0.3) is 0 Å². The second kappa shape index (κ2) is 7.83. The normalized spacial score (nSPS) is 33.6. The molecule has 0 heterocycles. The van der Waals surface area contributed by atoms with E-state index < -0.39 is 0 Å². The van der Waals surface area contributed by atoms with Crippen LogP contribution in [0.1, 0.15) is 82.6 Å². The van der Waals surface area contributed by atoms with Gasteiger partial charge in [-0.05, 0) is 92.2 Å². The lowest BCUT2D eigenvalue weighted by molar-refractivity contribution is 0.240. The first kappa shape index (κ1) is 25.3. The molecule has 0 aromatic carbocycles.